The predicted molar refractivity (Wildman–Crippen MR) is 87.7 cm³/mol. The fraction of sp³-hybridized carbons (Fsp3) is 0.200. The van der Waals surface area contributed by atoms with Crippen molar-refractivity contribution >= 4 is 39.1 Å². The first kappa shape index (κ1) is 16.6. The summed E-state index contributed by atoms with van der Waals surface area (Å²) in [5.74, 6) is 0.252. The predicted octanol–water partition coefficient (Wildman–Crippen LogP) is 4.98. The Morgan fingerprint density at radius 3 is 2.57 bits per heavy atom. The Morgan fingerprint density at radius 1 is 1.14 bits per heavy atom. The highest BCUT2D eigenvalue weighted by Gasteiger charge is 2.11. The normalized spacial score (nSPS) is 10.7. The average molecular weight is 393 g/mol. The topological polar surface area (TPSA) is 35.2 Å². The summed E-state index contributed by atoms with van der Waals surface area (Å²) >= 11 is 15.5. The van der Waals surface area contributed by atoms with Gasteiger partial charge >= 0.3 is 0 Å². The average Bonchev–Trinajstić information content (AvgIpc) is 2.40. The van der Waals surface area contributed by atoms with E-state index in [9.17, 15) is 4.39 Å². The zero-order chi connectivity index (χ0) is 15.4. The van der Waals surface area contributed by atoms with Crippen molar-refractivity contribution in [2.75, 3.05) is 6.54 Å². The molecule has 0 aliphatic carbocycles. The second-order valence-electron chi connectivity index (χ2n) is 4.44. The van der Waals surface area contributed by atoms with Crippen LogP contribution in [-0.2, 0) is 13.0 Å². The van der Waals surface area contributed by atoms with E-state index in [1.54, 1.807) is 18.2 Å². The van der Waals surface area contributed by atoms with Crippen molar-refractivity contribution in [2.45, 2.75) is 13.0 Å². The minimum atomic E-state index is -0.307. The smallest absolute Gasteiger partial charge is 0.141 e. The Hall–Kier alpha value is -0.810. The van der Waals surface area contributed by atoms with Crippen molar-refractivity contribution in [3.63, 3.8) is 0 Å². The standard InChI is InChI=1S/C15H13BrCl2FNO/c16-13-7-12(19)2-1-10(13)8-21-15-9(3-4-20)5-11(17)6-14(15)18/h1-2,5-7H,3-4,8,20H2. The van der Waals surface area contributed by atoms with Crippen LogP contribution in [0.1, 0.15) is 11.1 Å². The monoisotopic (exact) mass is 391 g/mol. The first-order chi connectivity index (χ1) is 10.0. The van der Waals surface area contributed by atoms with E-state index in [2.05, 4.69) is 15.9 Å². The van der Waals surface area contributed by atoms with Gasteiger partial charge in [-0.15, -0.1) is 0 Å². The molecular formula is C15H13BrCl2FNO. The quantitative estimate of drug-likeness (QED) is 0.779. The second-order valence-corrected chi connectivity index (χ2v) is 6.14. The fourth-order valence-electron chi connectivity index (χ4n) is 1.91. The van der Waals surface area contributed by atoms with Gasteiger partial charge in [0.05, 0.1) is 5.02 Å². The number of halogens is 4. The van der Waals surface area contributed by atoms with E-state index in [0.717, 1.165) is 11.1 Å². The first-order valence-corrected chi connectivity index (χ1v) is 7.81. The van der Waals surface area contributed by atoms with Crippen LogP contribution in [0.15, 0.2) is 34.8 Å². The number of ether oxygens (including phenoxy) is 1. The highest BCUT2D eigenvalue weighted by Crippen LogP contribution is 2.33. The summed E-state index contributed by atoms with van der Waals surface area (Å²) in [7, 11) is 0. The molecule has 0 aliphatic rings. The summed E-state index contributed by atoms with van der Waals surface area (Å²) in [5, 5.41) is 0.975. The maximum Gasteiger partial charge on any atom is 0.141 e. The Kier molecular flexibility index (Phi) is 5.88. The van der Waals surface area contributed by atoms with E-state index in [4.69, 9.17) is 33.7 Å². The van der Waals surface area contributed by atoms with Crippen LogP contribution in [0.3, 0.4) is 0 Å². The van der Waals surface area contributed by atoms with Crippen LogP contribution < -0.4 is 10.5 Å². The molecule has 2 rings (SSSR count). The van der Waals surface area contributed by atoms with Gasteiger partial charge in [-0.1, -0.05) is 45.2 Å². The Morgan fingerprint density at radius 2 is 1.90 bits per heavy atom. The summed E-state index contributed by atoms with van der Waals surface area (Å²) in [6.07, 6.45) is 0.611. The number of nitrogens with two attached hydrogens (primary N) is 1. The third-order valence-corrected chi connectivity index (χ3v) is 4.12. The molecule has 21 heavy (non-hydrogen) atoms. The van der Waals surface area contributed by atoms with Gasteiger partial charge in [0.1, 0.15) is 18.2 Å². The molecule has 0 radical (unpaired) electrons. The van der Waals surface area contributed by atoms with Gasteiger partial charge in [0, 0.05) is 15.1 Å². The molecular weight excluding hydrogens is 380 g/mol. The lowest BCUT2D eigenvalue weighted by Crippen LogP contribution is -2.06. The van der Waals surface area contributed by atoms with E-state index < -0.39 is 0 Å². The summed E-state index contributed by atoms with van der Waals surface area (Å²) in [6.45, 7) is 0.729. The highest BCUT2D eigenvalue weighted by molar-refractivity contribution is 9.10. The Balaban J connectivity index is 2.23. The van der Waals surface area contributed by atoms with Crippen molar-refractivity contribution < 1.29 is 9.13 Å². The molecule has 0 unspecified atom stereocenters. The van der Waals surface area contributed by atoms with Gasteiger partial charge in [-0.05, 0) is 42.8 Å². The summed E-state index contributed by atoms with van der Waals surface area (Å²) < 4.78 is 19.5. The van der Waals surface area contributed by atoms with Crippen LogP contribution in [0.2, 0.25) is 10.0 Å². The maximum atomic E-state index is 13.1. The number of rotatable bonds is 5. The lowest BCUT2D eigenvalue weighted by molar-refractivity contribution is 0.302. The molecule has 2 nitrogen and oxygen atoms in total. The number of hydrogen-bond acceptors (Lipinski definition) is 2. The molecule has 0 heterocycles. The van der Waals surface area contributed by atoms with E-state index in [0.29, 0.717) is 33.2 Å². The van der Waals surface area contributed by atoms with Crippen LogP contribution >= 0.6 is 39.1 Å². The SMILES string of the molecule is NCCc1cc(Cl)cc(Cl)c1OCc1ccc(F)cc1Br. The van der Waals surface area contributed by atoms with Gasteiger partial charge in [-0.3, -0.25) is 0 Å². The molecule has 2 aromatic rings. The van der Waals surface area contributed by atoms with Crippen molar-refractivity contribution in [1.82, 2.24) is 0 Å². The van der Waals surface area contributed by atoms with Crippen molar-refractivity contribution in [3.05, 3.63) is 61.8 Å². The largest absolute Gasteiger partial charge is 0.487 e. The number of hydrogen-bond donors (Lipinski definition) is 1. The maximum absolute atomic E-state index is 13.1. The van der Waals surface area contributed by atoms with Crippen LogP contribution in [0.4, 0.5) is 4.39 Å². The summed E-state index contributed by atoms with van der Waals surface area (Å²) in [5.41, 5.74) is 7.26. The van der Waals surface area contributed by atoms with Gasteiger partial charge in [-0.2, -0.15) is 0 Å². The van der Waals surface area contributed by atoms with E-state index >= 15 is 0 Å². The minimum Gasteiger partial charge on any atom is -0.487 e. The molecule has 0 amide bonds. The third kappa shape index (κ3) is 4.33. The van der Waals surface area contributed by atoms with Crippen LogP contribution in [0.5, 0.6) is 5.75 Å². The van der Waals surface area contributed by atoms with Gasteiger partial charge in [0.2, 0.25) is 0 Å². The van der Waals surface area contributed by atoms with Crippen LogP contribution in [0, 0.1) is 5.82 Å². The lowest BCUT2D eigenvalue weighted by atomic mass is 10.1. The Bertz CT molecular complexity index is 652. The van der Waals surface area contributed by atoms with Gasteiger partial charge in [0.15, 0.2) is 0 Å². The van der Waals surface area contributed by atoms with Gasteiger partial charge in [-0.25, -0.2) is 4.39 Å². The zero-order valence-corrected chi connectivity index (χ0v) is 14.1. The lowest BCUT2D eigenvalue weighted by Gasteiger charge is -2.14. The second kappa shape index (κ2) is 7.45. The molecule has 0 aromatic heterocycles. The van der Waals surface area contributed by atoms with Crippen molar-refractivity contribution in [2.24, 2.45) is 5.73 Å². The molecule has 0 atom stereocenters. The fourth-order valence-corrected chi connectivity index (χ4v) is 2.96. The van der Waals surface area contributed by atoms with E-state index in [-0.39, 0.29) is 12.4 Å². The van der Waals surface area contributed by atoms with Gasteiger partial charge in [0.25, 0.3) is 0 Å². The molecule has 0 fully saturated rings. The van der Waals surface area contributed by atoms with Gasteiger partial charge < -0.3 is 10.5 Å². The van der Waals surface area contributed by atoms with Crippen molar-refractivity contribution in [3.8, 4) is 5.75 Å². The van der Waals surface area contributed by atoms with Crippen molar-refractivity contribution in [1.29, 1.82) is 0 Å². The van der Waals surface area contributed by atoms with E-state index in [1.807, 2.05) is 0 Å². The van der Waals surface area contributed by atoms with E-state index in [1.165, 1.54) is 12.1 Å². The summed E-state index contributed by atoms with van der Waals surface area (Å²) in [6, 6.07) is 7.84. The minimum absolute atomic E-state index is 0.264. The molecule has 112 valence electrons. The number of benzene rings is 2. The zero-order valence-electron chi connectivity index (χ0n) is 11.0. The summed E-state index contributed by atoms with van der Waals surface area (Å²) in [4.78, 5) is 0. The molecule has 0 saturated carbocycles. The highest BCUT2D eigenvalue weighted by atomic mass is 79.9. The molecule has 0 saturated heterocycles. The molecule has 2 N–H and O–H groups in total. The molecule has 0 aliphatic heterocycles. The third-order valence-electron chi connectivity index (χ3n) is 2.89. The molecule has 2 aromatic carbocycles. The Labute approximate surface area is 141 Å². The first-order valence-electron chi connectivity index (χ1n) is 6.26. The van der Waals surface area contributed by atoms with Crippen LogP contribution in [-0.4, -0.2) is 6.54 Å². The van der Waals surface area contributed by atoms with Crippen LogP contribution in [0.25, 0.3) is 0 Å². The molecule has 6 heteroatoms. The molecule has 0 spiro atoms. The molecule has 0 bridgehead atoms.